The molecule has 4 heteroatoms. The Hall–Kier alpha value is -0.870. The first-order chi connectivity index (χ1) is 10.1. The number of nitrogens with one attached hydrogen (secondary N) is 1. The van der Waals surface area contributed by atoms with E-state index in [2.05, 4.69) is 41.7 Å². The van der Waals surface area contributed by atoms with Crippen molar-refractivity contribution in [3.63, 3.8) is 0 Å². The zero-order valence-corrected chi connectivity index (χ0v) is 14.3. The molecule has 1 saturated carbocycles. The van der Waals surface area contributed by atoms with Crippen molar-refractivity contribution in [2.24, 2.45) is 11.8 Å². The van der Waals surface area contributed by atoms with Crippen molar-refractivity contribution in [3.05, 3.63) is 22.5 Å². The van der Waals surface area contributed by atoms with E-state index in [-0.39, 0.29) is 0 Å². The molecule has 3 rings (SSSR count). The van der Waals surface area contributed by atoms with Crippen LogP contribution in [0.3, 0.4) is 0 Å². The number of hydrogen-bond acceptors (Lipinski definition) is 3. The van der Waals surface area contributed by atoms with Gasteiger partial charge in [-0.2, -0.15) is 0 Å². The van der Waals surface area contributed by atoms with Crippen molar-refractivity contribution in [2.75, 3.05) is 6.54 Å². The fourth-order valence-corrected chi connectivity index (χ4v) is 4.34. The van der Waals surface area contributed by atoms with Crippen LogP contribution in [0, 0.1) is 25.7 Å². The minimum absolute atomic E-state index is 0.937. The summed E-state index contributed by atoms with van der Waals surface area (Å²) < 4.78 is 2.25. The van der Waals surface area contributed by atoms with Crippen LogP contribution in [0.15, 0.2) is 6.20 Å². The van der Waals surface area contributed by atoms with Crippen molar-refractivity contribution < 1.29 is 0 Å². The van der Waals surface area contributed by atoms with E-state index in [1.807, 2.05) is 0 Å². The fourth-order valence-electron chi connectivity index (χ4n) is 3.45. The summed E-state index contributed by atoms with van der Waals surface area (Å²) in [4.78, 5) is 7.11. The maximum absolute atomic E-state index is 4.65. The van der Waals surface area contributed by atoms with Gasteiger partial charge in [0.25, 0.3) is 0 Å². The maximum Gasteiger partial charge on any atom is 0.194 e. The van der Waals surface area contributed by atoms with Crippen LogP contribution in [0.4, 0.5) is 0 Å². The minimum atomic E-state index is 0.937. The zero-order chi connectivity index (χ0) is 14.8. The van der Waals surface area contributed by atoms with Crippen LogP contribution in [0.2, 0.25) is 0 Å². The predicted octanol–water partition coefficient (Wildman–Crippen LogP) is 4.32. The van der Waals surface area contributed by atoms with Crippen molar-refractivity contribution >= 4 is 16.3 Å². The van der Waals surface area contributed by atoms with Gasteiger partial charge < -0.3 is 5.32 Å². The predicted molar refractivity (Wildman–Crippen MR) is 90.0 cm³/mol. The van der Waals surface area contributed by atoms with E-state index >= 15 is 0 Å². The average Bonchev–Trinajstić information content (AvgIpc) is 2.93. The maximum atomic E-state index is 4.65. The Kier molecular flexibility index (Phi) is 4.65. The van der Waals surface area contributed by atoms with E-state index in [1.165, 1.54) is 48.4 Å². The minimum Gasteiger partial charge on any atom is -0.311 e. The lowest BCUT2D eigenvalue weighted by molar-refractivity contribution is 0.275. The third-order valence-electron chi connectivity index (χ3n) is 4.90. The van der Waals surface area contributed by atoms with Crippen molar-refractivity contribution in [3.8, 4) is 0 Å². The first kappa shape index (κ1) is 15.0. The van der Waals surface area contributed by atoms with Crippen LogP contribution in [0.5, 0.6) is 0 Å². The molecular weight excluding hydrogens is 278 g/mol. The number of rotatable bonds is 5. The zero-order valence-electron chi connectivity index (χ0n) is 13.5. The smallest absolute Gasteiger partial charge is 0.194 e. The van der Waals surface area contributed by atoms with Crippen LogP contribution < -0.4 is 5.32 Å². The first-order valence-corrected chi connectivity index (χ1v) is 9.10. The van der Waals surface area contributed by atoms with E-state index in [0.29, 0.717) is 0 Å². The lowest BCUT2D eigenvalue weighted by Gasteiger charge is -2.26. The summed E-state index contributed by atoms with van der Waals surface area (Å²) in [7, 11) is 0. The molecular formula is C17H27N3S. The Balaban J connectivity index is 1.49. The first-order valence-electron chi connectivity index (χ1n) is 8.28. The lowest BCUT2D eigenvalue weighted by atomic mass is 9.81. The van der Waals surface area contributed by atoms with Crippen molar-refractivity contribution in [1.29, 1.82) is 0 Å². The summed E-state index contributed by atoms with van der Waals surface area (Å²) >= 11 is 1.77. The molecule has 0 aromatic carbocycles. The molecule has 21 heavy (non-hydrogen) atoms. The second-order valence-corrected chi connectivity index (χ2v) is 7.94. The normalized spacial score (nSPS) is 23.0. The Morgan fingerprint density at radius 3 is 2.81 bits per heavy atom. The molecule has 1 N–H and O–H groups in total. The van der Waals surface area contributed by atoms with Crippen LogP contribution >= 0.6 is 11.3 Å². The molecule has 0 aliphatic heterocycles. The molecule has 0 unspecified atom stereocenters. The molecule has 0 bridgehead atoms. The van der Waals surface area contributed by atoms with Gasteiger partial charge in [-0.25, -0.2) is 4.98 Å². The standard InChI is InChI=1S/C17H27N3S/c1-12-4-6-15(7-5-12)8-9-18-10-16-14(3)19-17-20(16)11-13(2)21-17/h11-12,15,18H,4-10H2,1-3H3. The van der Waals surface area contributed by atoms with Gasteiger partial charge in [-0.15, -0.1) is 11.3 Å². The number of imidazole rings is 1. The molecule has 3 nitrogen and oxygen atoms in total. The summed E-state index contributed by atoms with van der Waals surface area (Å²) in [5.74, 6) is 1.91. The number of aromatic nitrogens is 2. The van der Waals surface area contributed by atoms with Crippen LogP contribution in [0.1, 0.15) is 55.3 Å². The molecule has 1 aliphatic carbocycles. The molecule has 1 fully saturated rings. The quantitative estimate of drug-likeness (QED) is 0.834. The summed E-state index contributed by atoms with van der Waals surface area (Å²) in [6.07, 6.45) is 9.27. The van der Waals surface area contributed by atoms with Gasteiger partial charge in [-0.1, -0.05) is 32.6 Å². The number of hydrogen-bond donors (Lipinski definition) is 1. The summed E-state index contributed by atoms with van der Waals surface area (Å²) in [5, 5.41) is 3.63. The highest BCUT2D eigenvalue weighted by Crippen LogP contribution is 2.30. The van der Waals surface area contributed by atoms with Crippen LogP contribution in [-0.2, 0) is 6.54 Å². The van der Waals surface area contributed by atoms with E-state index < -0.39 is 0 Å². The van der Waals surface area contributed by atoms with Crippen LogP contribution in [-0.4, -0.2) is 15.9 Å². The van der Waals surface area contributed by atoms with E-state index in [4.69, 9.17) is 0 Å². The molecule has 116 valence electrons. The highest BCUT2D eigenvalue weighted by Gasteiger charge is 2.17. The van der Waals surface area contributed by atoms with Crippen molar-refractivity contribution in [2.45, 2.75) is 59.4 Å². The Morgan fingerprint density at radius 1 is 1.29 bits per heavy atom. The molecule has 0 saturated heterocycles. The molecule has 2 heterocycles. The Morgan fingerprint density at radius 2 is 2.05 bits per heavy atom. The van der Waals surface area contributed by atoms with Gasteiger partial charge in [0.2, 0.25) is 0 Å². The van der Waals surface area contributed by atoms with Crippen molar-refractivity contribution in [1.82, 2.24) is 14.7 Å². The molecule has 2 aromatic heterocycles. The molecule has 0 amide bonds. The molecule has 2 aromatic rings. The number of aryl methyl sites for hydroxylation is 2. The van der Waals surface area contributed by atoms with Gasteiger partial charge in [0.05, 0.1) is 11.4 Å². The fraction of sp³-hybridized carbons (Fsp3) is 0.706. The van der Waals surface area contributed by atoms with Gasteiger partial charge in [0.15, 0.2) is 4.96 Å². The molecule has 1 aliphatic rings. The highest BCUT2D eigenvalue weighted by molar-refractivity contribution is 7.17. The van der Waals surface area contributed by atoms with E-state index in [1.54, 1.807) is 11.3 Å². The van der Waals surface area contributed by atoms with E-state index in [9.17, 15) is 0 Å². The number of thiazole rings is 1. The van der Waals surface area contributed by atoms with Gasteiger partial charge in [0, 0.05) is 17.6 Å². The highest BCUT2D eigenvalue weighted by atomic mass is 32.1. The topological polar surface area (TPSA) is 29.3 Å². The largest absolute Gasteiger partial charge is 0.311 e. The molecule has 0 radical (unpaired) electrons. The third-order valence-corrected chi connectivity index (χ3v) is 5.80. The summed E-state index contributed by atoms with van der Waals surface area (Å²) in [6.45, 7) is 8.73. The van der Waals surface area contributed by atoms with Gasteiger partial charge in [-0.05, 0) is 38.6 Å². The van der Waals surface area contributed by atoms with Crippen LogP contribution in [0.25, 0.3) is 4.96 Å². The monoisotopic (exact) mass is 305 g/mol. The van der Waals surface area contributed by atoms with Gasteiger partial charge in [-0.3, -0.25) is 4.40 Å². The lowest BCUT2D eigenvalue weighted by Crippen LogP contribution is -2.21. The second-order valence-electron chi connectivity index (χ2n) is 6.73. The number of fused-ring (bicyclic) bond motifs is 1. The third kappa shape index (κ3) is 3.49. The summed E-state index contributed by atoms with van der Waals surface area (Å²) in [6, 6.07) is 0. The Bertz CT molecular complexity index is 590. The average molecular weight is 305 g/mol. The molecule has 0 spiro atoms. The second kappa shape index (κ2) is 6.49. The van der Waals surface area contributed by atoms with Gasteiger partial charge >= 0.3 is 0 Å². The SMILES string of the molecule is Cc1cn2c(CNCCC3CCC(C)CC3)c(C)nc2s1. The summed E-state index contributed by atoms with van der Waals surface area (Å²) in [5.41, 5.74) is 2.49. The molecule has 0 atom stereocenters. The van der Waals surface area contributed by atoms with Gasteiger partial charge in [0.1, 0.15) is 0 Å². The number of nitrogens with zero attached hydrogens (tertiary/aromatic N) is 2. The Labute approximate surface area is 131 Å². The van der Waals surface area contributed by atoms with E-state index in [0.717, 1.165) is 29.9 Å².